The number of aryl methyl sites for hydroxylation is 1. The number of hydrogen-bond acceptors (Lipinski definition) is 7. The molecule has 0 fully saturated rings. The SMILES string of the molecule is Cc1cc(C(C)N2Cc3c(ccnc3CC(=O)NCCCO)C2=O)nnc1OCC(F)(F)C(F)F. The number of aliphatic hydroxyl groups is 1. The van der Waals surface area contributed by atoms with E-state index in [9.17, 15) is 27.2 Å². The zero-order valence-corrected chi connectivity index (χ0v) is 19.1. The minimum Gasteiger partial charge on any atom is -0.470 e. The zero-order chi connectivity index (χ0) is 25.8. The number of carbonyl (C=O) groups excluding carboxylic acids is 2. The standard InChI is InChI=1S/C22H25F4N5O4/c1-12-8-16(29-30-19(12)35-11-22(25,26)21(23)24)13(2)31-10-15-14(20(31)34)4-6-27-17(15)9-18(33)28-5-3-7-32/h4,6,8,13,21,32H,3,5,7,9-11H2,1-2H3,(H,28,33). The van der Waals surface area contributed by atoms with Crippen LogP contribution in [0.1, 0.15) is 52.3 Å². The first-order valence-corrected chi connectivity index (χ1v) is 10.8. The van der Waals surface area contributed by atoms with Gasteiger partial charge in [-0.15, -0.1) is 10.2 Å². The maximum Gasteiger partial charge on any atom is 0.340 e. The molecule has 0 radical (unpaired) electrons. The number of hydrogen-bond donors (Lipinski definition) is 2. The molecule has 0 saturated carbocycles. The Kier molecular flexibility index (Phi) is 8.20. The van der Waals surface area contributed by atoms with Crippen LogP contribution in [0.4, 0.5) is 17.6 Å². The van der Waals surface area contributed by atoms with E-state index in [1.54, 1.807) is 13.0 Å². The van der Waals surface area contributed by atoms with Crippen LogP contribution in [0, 0.1) is 6.92 Å². The number of carbonyl (C=O) groups is 2. The minimum atomic E-state index is -4.32. The molecule has 35 heavy (non-hydrogen) atoms. The predicted molar refractivity (Wildman–Crippen MR) is 114 cm³/mol. The summed E-state index contributed by atoms with van der Waals surface area (Å²) < 4.78 is 55.7. The van der Waals surface area contributed by atoms with Crippen LogP contribution in [0.15, 0.2) is 18.3 Å². The highest BCUT2D eigenvalue weighted by Crippen LogP contribution is 2.33. The molecular formula is C22H25F4N5O4. The second kappa shape index (κ2) is 10.9. The maximum absolute atomic E-state index is 13.1. The van der Waals surface area contributed by atoms with Crippen LogP contribution in [0.25, 0.3) is 0 Å². The van der Waals surface area contributed by atoms with Gasteiger partial charge in [0, 0.05) is 42.6 Å². The second-order valence-electron chi connectivity index (χ2n) is 8.10. The van der Waals surface area contributed by atoms with E-state index in [1.807, 2.05) is 0 Å². The molecule has 9 nitrogen and oxygen atoms in total. The average Bonchev–Trinajstić information content (AvgIpc) is 3.15. The monoisotopic (exact) mass is 499 g/mol. The lowest BCUT2D eigenvalue weighted by Crippen LogP contribution is -2.34. The summed E-state index contributed by atoms with van der Waals surface area (Å²) in [4.78, 5) is 31.0. The molecule has 0 spiro atoms. The Morgan fingerprint density at radius 2 is 2.09 bits per heavy atom. The van der Waals surface area contributed by atoms with Crippen LogP contribution < -0.4 is 10.1 Å². The Morgan fingerprint density at radius 1 is 1.34 bits per heavy atom. The molecule has 2 N–H and O–H groups in total. The maximum atomic E-state index is 13.1. The Bertz CT molecular complexity index is 1090. The lowest BCUT2D eigenvalue weighted by molar-refractivity contribution is -0.148. The van der Waals surface area contributed by atoms with E-state index in [4.69, 9.17) is 9.84 Å². The highest BCUT2D eigenvalue weighted by molar-refractivity contribution is 5.99. The largest absolute Gasteiger partial charge is 0.470 e. The molecular weight excluding hydrogens is 474 g/mol. The van der Waals surface area contributed by atoms with E-state index in [1.165, 1.54) is 24.1 Å². The number of aliphatic hydroxyl groups excluding tert-OH is 1. The third kappa shape index (κ3) is 6.02. The van der Waals surface area contributed by atoms with Gasteiger partial charge in [0.1, 0.15) is 0 Å². The van der Waals surface area contributed by atoms with Gasteiger partial charge in [-0.1, -0.05) is 0 Å². The van der Waals surface area contributed by atoms with Gasteiger partial charge in [-0.2, -0.15) is 8.78 Å². The van der Waals surface area contributed by atoms with Crippen LogP contribution in [0.5, 0.6) is 5.88 Å². The predicted octanol–water partition coefficient (Wildman–Crippen LogP) is 2.22. The van der Waals surface area contributed by atoms with Crippen LogP contribution in [-0.2, 0) is 17.8 Å². The van der Waals surface area contributed by atoms with Gasteiger partial charge >= 0.3 is 12.3 Å². The van der Waals surface area contributed by atoms with Gasteiger partial charge in [-0.25, -0.2) is 8.78 Å². The molecule has 2 amide bonds. The summed E-state index contributed by atoms with van der Waals surface area (Å²) in [5, 5.41) is 19.2. The quantitative estimate of drug-likeness (QED) is 0.360. The van der Waals surface area contributed by atoms with E-state index in [-0.39, 0.29) is 42.8 Å². The molecule has 1 aliphatic rings. The smallest absolute Gasteiger partial charge is 0.340 e. The molecule has 1 unspecified atom stereocenters. The van der Waals surface area contributed by atoms with Crippen LogP contribution in [0.3, 0.4) is 0 Å². The van der Waals surface area contributed by atoms with Crippen molar-refractivity contribution >= 4 is 11.8 Å². The summed E-state index contributed by atoms with van der Waals surface area (Å²) in [6, 6.07) is 2.47. The number of halogens is 4. The minimum absolute atomic E-state index is 0.0295. The van der Waals surface area contributed by atoms with Gasteiger partial charge in [0.25, 0.3) is 5.91 Å². The van der Waals surface area contributed by atoms with Gasteiger partial charge in [0.15, 0.2) is 6.61 Å². The van der Waals surface area contributed by atoms with Crippen molar-refractivity contribution in [1.82, 2.24) is 25.4 Å². The second-order valence-corrected chi connectivity index (χ2v) is 8.10. The summed E-state index contributed by atoms with van der Waals surface area (Å²) in [5.41, 5.74) is 2.10. The fraction of sp³-hybridized carbons (Fsp3) is 0.500. The van der Waals surface area contributed by atoms with E-state index >= 15 is 0 Å². The van der Waals surface area contributed by atoms with Gasteiger partial charge in [-0.3, -0.25) is 14.6 Å². The number of rotatable bonds is 11. The number of ether oxygens (including phenoxy) is 1. The van der Waals surface area contributed by atoms with Gasteiger partial charge in [-0.05, 0) is 32.4 Å². The number of aromatic nitrogens is 3. The summed E-state index contributed by atoms with van der Waals surface area (Å²) in [5.74, 6) is -5.22. The van der Waals surface area contributed by atoms with Crippen molar-refractivity contribution in [1.29, 1.82) is 0 Å². The number of alkyl halides is 4. The fourth-order valence-corrected chi connectivity index (χ4v) is 3.52. The van der Waals surface area contributed by atoms with E-state index < -0.39 is 25.0 Å². The number of nitrogens with zero attached hydrogens (tertiary/aromatic N) is 4. The summed E-state index contributed by atoms with van der Waals surface area (Å²) in [7, 11) is 0. The van der Waals surface area contributed by atoms with Crippen LogP contribution >= 0.6 is 0 Å². The van der Waals surface area contributed by atoms with Crippen molar-refractivity contribution in [2.24, 2.45) is 0 Å². The van der Waals surface area contributed by atoms with Crippen molar-refractivity contribution < 1.29 is 37.0 Å². The normalized spacial score (nSPS) is 14.3. The first-order chi connectivity index (χ1) is 16.5. The molecule has 2 aromatic heterocycles. The Balaban J connectivity index is 1.72. The third-order valence-electron chi connectivity index (χ3n) is 5.52. The molecule has 13 heteroatoms. The molecule has 2 aromatic rings. The molecule has 0 aliphatic carbocycles. The molecule has 0 bridgehead atoms. The number of amides is 2. The van der Waals surface area contributed by atoms with Crippen LogP contribution in [0.2, 0.25) is 0 Å². The molecule has 1 atom stereocenters. The zero-order valence-electron chi connectivity index (χ0n) is 19.1. The van der Waals surface area contributed by atoms with Gasteiger partial charge in [0.05, 0.1) is 23.9 Å². The number of fused-ring (bicyclic) bond motifs is 1. The molecule has 0 saturated heterocycles. The number of pyridine rings is 1. The molecule has 1 aliphatic heterocycles. The summed E-state index contributed by atoms with van der Waals surface area (Å²) in [6.07, 6.45) is -2.02. The third-order valence-corrected chi connectivity index (χ3v) is 5.52. The van der Waals surface area contributed by atoms with Crippen molar-refractivity contribution in [3.63, 3.8) is 0 Å². The van der Waals surface area contributed by atoms with Gasteiger partial charge in [0.2, 0.25) is 11.8 Å². The van der Waals surface area contributed by atoms with Crippen molar-refractivity contribution in [3.05, 3.63) is 46.4 Å². The lowest BCUT2D eigenvalue weighted by Gasteiger charge is -2.24. The molecule has 0 aromatic carbocycles. The first kappa shape index (κ1) is 26.3. The topological polar surface area (TPSA) is 118 Å². The Labute approximate surface area is 198 Å². The summed E-state index contributed by atoms with van der Waals surface area (Å²) in [6.45, 7) is 2.11. The Hall–Kier alpha value is -3.35. The fourth-order valence-electron chi connectivity index (χ4n) is 3.52. The average molecular weight is 499 g/mol. The summed E-state index contributed by atoms with van der Waals surface area (Å²) >= 11 is 0. The number of nitrogens with one attached hydrogen (secondary N) is 1. The molecule has 190 valence electrons. The highest BCUT2D eigenvalue weighted by Gasteiger charge is 2.42. The van der Waals surface area contributed by atoms with Crippen LogP contribution in [-0.4, -0.2) is 69.1 Å². The lowest BCUT2D eigenvalue weighted by atomic mass is 10.1. The van der Waals surface area contributed by atoms with Crippen molar-refractivity contribution in [3.8, 4) is 5.88 Å². The molecule has 3 heterocycles. The molecule has 3 rings (SSSR count). The highest BCUT2D eigenvalue weighted by atomic mass is 19.3. The van der Waals surface area contributed by atoms with E-state index in [2.05, 4.69) is 20.5 Å². The van der Waals surface area contributed by atoms with E-state index in [0.29, 0.717) is 35.5 Å². The van der Waals surface area contributed by atoms with E-state index in [0.717, 1.165) is 0 Å². The van der Waals surface area contributed by atoms with Crippen molar-refractivity contribution in [2.75, 3.05) is 19.8 Å². The first-order valence-electron chi connectivity index (χ1n) is 10.8. The Morgan fingerprint density at radius 3 is 2.74 bits per heavy atom. The van der Waals surface area contributed by atoms with Crippen molar-refractivity contribution in [2.45, 2.75) is 51.6 Å². The van der Waals surface area contributed by atoms with Gasteiger partial charge < -0.3 is 20.1 Å².